The maximum atomic E-state index is 11.6. The average Bonchev–Trinajstić information content (AvgIpc) is 3.42. The van der Waals surface area contributed by atoms with E-state index in [-0.39, 0.29) is 21.9 Å². The molecule has 1 aromatic rings. The summed E-state index contributed by atoms with van der Waals surface area (Å²) in [6, 6.07) is 7.93. The molecule has 4 heterocycles. The minimum atomic E-state index is -0.113. The molecule has 1 atom stereocenters. The van der Waals surface area contributed by atoms with Gasteiger partial charge in [0.05, 0.1) is 24.1 Å². The molecule has 1 aromatic carbocycles. The Bertz CT molecular complexity index is 1040. The van der Waals surface area contributed by atoms with Crippen molar-refractivity contribution in [2.45, 2.75) is 50.2 Å². The Labute approximate surface area is 175 Å². The molecule has 1 saturated carbocycles. The van der Waals surface area contributed by atoms with E-state index in [4.69, 9.17) is 20.3 Å². The molecule has 0 spiro atoms. The molecule has 2 bridgehead atoms. The zero-order valence-electron chi connectivity index (χ0n) is 16.8. The minimum Gasteiger partial charge on any atom is -0.491 e. The van der Waals surface area contributed by atoms with Crippen LogP contribution < -0.4 is 10.6 Å². The lowest BCUT2D eigenvalue weighted by Crippen LogP contribution is -2.53. The fourth-order valence-corrected chi connectivity index (χ4v) is 5.21. The highest BCUT2D eigenvalue weighted by atomic mass is 16.6. The van der Waals surface area contributed by atoms with Crippen LogP contribution in [0.5, 0.6) is 5.75 Å². The van der Waals surface area contributed by atoms with Crippen molar-refractivity contribution < 1.29 is 18.9 Å². The maximum absolute atomic E-state index is 11.6. The van der Waals surface area contributed by atoms with Crippen molar-refractivity contribution in [2.75, 3.05) is 6.61 Å². The van der Waals surface area contributed by atoms with Crippen LogP contribution >= 0.6 is 0 Å². The van der Waals surface area contributed by atoms with Crippen LogP contribution in [0, 0.1) is 5.92 Å². The predicted octanol–water partition coefficient (Wildman–Crippen LogP) is 2.97. The number of nitrogens with two attached hydrogens (primary N) is 1. The van der Waals surface area contributed by atoms with Gasteiger partial charge in [-0.1, -0.05) is 6.07 Å². The van der Waals surface area contributed by atoms with Gasteiger partial charge in [0, 0.05) is 18.8 Å². The number of hydrogen-bond donors (Lipinski definition) is 1. The maximum Gasteiger partial charge on any atom is 0.265 e. The third kappa shape index (κ3) is 2.73. The summed E-state index contributed by atoms with van der Waals surface area (Å²) in [6.07, 6.45) is 11.2. The lowest BCUT2D eigenvalue weighted by Gasteiger charge is -2.28. The Balaban J connectivity index is 1.28. The molecule has 0 radical (unpaired) electrons. The molecule has 0 amide bonds. The number of rotatable bonds is 5. The molecule has 4 aliphatic heterocycles. The molecule has 0 aromatic heterocycles. The zero-order chi connectivity index (χ0) is 20.3. The van der Waals surface area contributed by atoms with Gasteiger partial charge in [-0.05, 0) is 43.9 Å². The molecular formula is C23H25N4O3+. The summed E-state index contributed by atoms with van der Waals surface area (Å²) in [5, 5.41) is 0. The molecule has 1 unspecified atom stereocenters. The number of amidine groups is 1. The number of quaternary nitrogens is 1. The number of aliphatic imine (C=N–C) groups is 2. The van der Waals surface area contributed by atoms with Crippen molar-refractivity contribution in [3.05, 3.63) is 53.6 Å². The number of ether oxygens (including phenoxy) is 2. The fourth-order valence-electron chi connectivity index (χ4n) is 5.21. The van der Waals surface area contributed by atoms with Crippen LogP contribution in [0.1, 0.15) is 44.1 Å². The first kappa shape index (κ1) is 18.2. The van der Waals surface area contributed by atoms with E-state index in [1.807, 2.05) is 30.5 Å². The molecule has 7 heteroatoms. The van der Waals surface area contributed by atoms with E-state index in [0.717, 1.165) is 54.2 Å². The Morgan fingerprint density at radius 3 is 2.83 bits per heavy atom. The second kappa shape index (κ2) is 6.44. The Kier molecular flexibility index (Phi) is 3.90. The lowest BCUT2D eigenvalue weighted by atomic mass is 9.81. The molecule has 2 N–H and O–H groups in total. The number of fused-ring (bicyclic) bond motifs is 3. The number of carbonyl (C=O) groups is 1. The van der Waals surface area contributed by atoms with Crippen LogP contribution in [0.4, 0.5) is 0 Å². The van der Waals surface area contributed by atoms with Gasteiger partial charge < -0.3 is 9.47 Å². The van der Waals surface area contributed by atoms with Crippen molar-refractivity contribution in [1.29, 1.82) is 0 Å². The van der Waals surface area contributed by atoms with Crippen LogP contribution in [0.15, 0.2) is 58.0 Å². The molecule has 2 saturated heterocycles. The van der Waals surface area contributed by atoms with E-state index in [1.54, 1.807) is 12.4 Å². The topological polar surface area (TPSA) is 86.3 Å². The molecule has 154 valence electrons. The van der Waals surface area contributed by atoms with Crippen molar-refractivity contribution >= 4 is 17.8 Å². The Hall–Kier alpha value is -2.61. The number of allylic oxidation sites excluding steroid dienone is 2. The number of Topliss-reactive ketones (excluding diaryl/α,β-unsaturated/α-hetero) is 1. The van der Waals surface area contributed by atoms with Crippen molar-refractivity contribution in [3.63, 3.8) is 0 Å². The SMILES string of the molecule is N[N+]12C=CN=CC1=C(C1CC(=O)C1)N=C2c1cccc(OCC23CCC(CC2)O3)c1. The smallest absolute Gasteiger partial charge is 0.265 e. The second-order valence-electron chi connectivity index (χ2n) is 9.02. The minimum absolute atomic E-state index is 0.0261. The van der Waals surface area contributed by atoms with Crippen LogP contribution in [0.2, 0.25) is 0 Å². The highest BCUT2D eigenvalue weighted by molar-refractivity contribution is 6.01. The highest BCUT2D eigenvalue weighted by Crippen LogP contribution is 2.44. The Morgan fingerprint density at radius 1 is 1.27 bits per heavy atom. The normalized spacial score (nSPS) is 34.4. The number of ketones is 1. The predicted molar refractivity (Wildman–Crippen MR) is 111 cm³/mol. The van der Waals surface area contributed by atoms with Crippen LogP contribution in [-0.2, 0) is 9.53 Å². The number of hydrogen-bond acceptors (Lipinski definition) is 6. The molecule has 30 heavy (non-hydrogen) atoms. The first-order chi connectivity index (χ1) is 14.5. The van der Waals surface area contributed by atoms with Gasteiger partial charge in [0.15, 0.2) is 0 Å². The third-order valence-corrected chi connectivity index (χ3v) is 7.01. The molecule has 3 fully saturated rings. The zero-order valence-corrected chi connectivity index (χ0v) is 16.8. The van der Waals surface area contributed by atoms with Gasteiger partial charge in [-0.2, -0.15) is 10.8 Å². The molecule has 6 rings (SSSR count). The van der Waals surface area contributed by atoms with Gasteiger partial charge in [-0.15, -0.1) is 4.59 Å². The summed E-state index contributed by atoms with van der Waals surface area (Å²) < 4.78 is 12.3. The van der Waals surface area contributed by atoms with Crippen molar-refractivity contribution in [1.82, 2.24) is 0 Å². The second-order valence-corrected chi connectivity index (χ2v) is 9.02. The molecule has 5 aliphatic rings. The standard InChI is InChI=1S/C23H25N4O3/c24-27-9-8-25-13-20(27)21(16-10-17(28)11-16)26-22(27)15-2-1-3-19(12-15)29-14-23-6-4-18(30-23)5-7-23/h1-3,8-9,12-13,16,18H,4-7,10-11,14,24H2/q+1. The van der Waals surface area contributed by atoms with E-state index in [1.165, 1.54) is 0 Å². The summed E-state index contributed by atoms with van der Waals surface area (Å²) in [5.41, 5.74) is 2.51. The molecule has 7 nitrogen and oxygen atoms in total. The summed E-state index contributed by atoms with van der Waals surface area (Å²) in [4.78, 5) is 20.7. The van der Waals surface area contributed by atoms with Crippen LogP contribution in [0.3, 0.4) is 0 Å². The van der Waals surface area contributed by atoms with Crippen molar-refractivity contribution in [2.24, 2.45) is 21.7 Å². The summed E-state index contributed by atoms with van der Waals surface area (Å²) >= 11 is 0. The van der Waals surface area contributed by atoms with E-state index in [2.05, 4.69) is 4.99 Å². The third-order valence-electron chi connectivity index (χ3n) is 7.01. The van der Waals surface area contributed by atoms with Gasteiger partial charge in [-0.25, -0.2) is 0 Å². The lowest BCUT2D eigenvalue weighted by molar-refractivity contribution is -0.750. The van der Waals surface area contributed by atoms with Gasteiger partial charge >= 0.3 is 0 Å². The molecular weight excluding hydrogens is 380 g/mol. The van der Waals surface area contributed by atoms with E-state index in [9.17, 15) is 4.79 Å². The summed E-state index contributed by atoms with van der Waals surface area (Å²) in [5.74, 6) is 8.69. The number of benzene rings is 1. The summed E-state index contributed by atoms with van der Waals surface area (Å²) in [6.45, 7) is 0.577. The Morgan fingerprint density at radius 2 is 2.10 bits per heavy atom. The highest BCUT2D eigenvalue weighted by Gasteiger charge is 2.48. The van der Waals surface area contributed by atoms with Gasteiger partial charge in [0.25, 0.3) is 5.84 Å². The number of carbonyl (C=O) groups excluding carboxylic acids is 1. The van der Waals surface area contributed by atoms with Crippen LogP contribution in [0.25, 0.3) is 0 Å². The van der Waals surface area contributed by atoms with Gasteiger partial charge in [-0.3, -0.25) is 9.79 Å². The fraction of sp³-hybridized carbons (Fsp3) is 0.435. The average molecular weight is 405 g/mol. The van der Waals surface area contributed by atoms with Gasteiger partial charge in [0.2, 0.25) is 5.70 Å². The quantitative estimate of drug-likeness (QED) is 0.603. The van der Waals surface area contributed by atoms with Gasteiger partial charge in [0.1, 0.15) is 35.6 Å². The van der Waals surface area contributed by atoms with E-state index < -0.39 is 0 Å². The van der Waals surface area contributed by atoms with Crippen molar-refractivity contribution in [3.8, 4) is 5.75 Å². The summed E-state index contributed by atoms with van der Waals surface area (Å²) in [7, 11) is 0. The number of nitrogens with zero attached hydrogens (tertiary/aromatic N) is 3. The molecule has 1 aliphatic carbocycles. The largest absolute Gasteiger partial charge is 0.491 e. The van der Waals surface area contributed by atoms with E-state index in [0.29, 0.717) is 25.6 Å². The van der Waals surface area contributed by atoms with Crippen LogP contribution in [-0.4, -0.2) is 40.7 Å². The van der Waals surface area contributed by atoms with E-state index >= 15 is 0 Å². The first-order valence-corrected chi connectivity index (χ1v) is 10.7. The monoisotopic (exact) mass is 405 g/mol. The first-order valence-electron chi connectivity index (χ1n) is 10.7.